The smallest absolute Gasteiger partial charge is 0.328 e. The monoisotopic (exact) mass is 263 g/mol. The zero-order chi connectivity index (χ0) is 13.7. The van der Waals surface area contributed by atoms with E-state index in [2.05, 4.69) is 11.4 Å². The summed E-state index contributed by atoms with van der Waals surface area (Å²) in [5.74, 6) is 0.229. The minimum Gasteiger partial charge on any atom is -0.467 e. The van der Waals surface area contributed by atoms with Crippen LogP contribution in [0.1, 0.15) is 18.4 Å². The first-order valence-corrected chi connectivity index (χ1v) is 6.67. The molecule has 0 radical (unpaired) electrons. The van der Waals surface area contributed by atoms with Crippen LogP contribution in [0.4, 0.5) is 5.69 Å². The standard InChI is InChI=1S/C15H21NO3/c1-18-10-9-11-5-3-4-6-13(11)16-14(12-7-8-12)15(17)19-2/h3-6,12,14,16H,7-10H2,1-2H3. The summed E-state index contributed by atoms with van der Waals surface area (Å²) in [5, 5.41) is 3.34. The third kappa shape index (κ3) is 3.70. The molecule has 0 heterocycles. The quantitative estimate of drug-likeness (QED) is 0.766. The van der Waals surface area contributed by atoms with Gasteiger partial charge in [-0.05, 0) is 36.8 Å². The van der Waals surface area contributed by atoms with Crippen LogP contribution in [0, 0.1) is 5.92 Å². The number of methoxy groups -OCH3 is 2. The Kier molecular flexibility index (Phi) is 4.80. The molecule has 1 fully saturated rings. The highest BCUT2D eigenvalue weighted by Crippen LogP contribution is 2.35. The summed E-state index contributed by atoms with van der Waals surface area (Å²) in [5.41, 5.74) is 2.17. The third-order valence-corrected chi connectivity index (χ3v) is 3.45. The van der Waals surface area contributed by atoms with Gasteiger partial charge in [0.05, 0.1) is 13.7 Å². The van der Waals surface area contributed by atoms with Crippen LogP contribution >= 0.6 is 0 Å². The molecule has 104 valence electrons. The molecular formula is C15H21NO3. The minimum absolute atomic E-state index is 0.177. The number of para-hydroxylation sites is 1. The average molecular weight is 263 g/mol. The lowest BCUT2D eigenvalue weighted by atomic mass is 10.1. The maximum atomic E-state index is 11.8. The van der Waals surface area contributed by atoms with Gasteiger partial charge in [-0.15, -0.1) is 0 Å². The van der Waals surface area contributed by atoms with Gasteiger partial charge in [0.2, 0.25) is 0 Å². The molecule has 0 bridgehead atoms. The van der Waals surface area contributed by atoms with Crippen molar-refractivity contribution in [3.05, 3.63) is 29.8 Å². The van der Waals surface area contributed by atoms with Crippen molar-refractivity contribution in [3.63, 3.8) is 0 Å². The van der Waals surface area contributed by atoms with Gasteiger partial charge >= 0.3 is 5.97 Å². The molecule has 1 aliphatic rings. The molecule has 0 aliphatic heterocycles. The van der Waals surface area contributed by atoms with Crippen LogP contribution in [0.5, 0.6) is 0 Å². The van der Waals surface area contributed by atoms with Crippen LogP contribution in [0.15, 0.2) is 24.3 Å². The molecule has 0 amide bonds. The van der Waals surface area contributed by atoms with Crippen LogP contribution in [0.3, 0.4) is 0 Å². The first-order valence-electron chi connectivity index (χ1n) is 6.67. The van der Waals surface area contributed by atoms with Crippen molar-refractivity contribution < 1.29 is 14.3 Å². The van der Waals surface area contributed by atoms with Crippen molar-refractivity contribution in [2.45, 2.75) is 25.3 Å². The van der Waals surface area contributed by atoms with Crippen molar-refractivity contribution in [2.24, 2.45) is 5.92 Å². The molecule has 1 aromatic rings. The van der Waals surface area contributed by atoms with Gasteiger partial charge in [-0.2, -0.15) is 0 Å². The maximum Gasteiger partial charge on any atom is 0.328 e. The van der Waals surface area contributed by atoms with E-state index >= 15 is 0 Å². The number of esters is 1. The van der Waals surface area contributed by atoms with Gasteiger partial charge < -0.3 is 14.8 Å². The number of benzene rings is 1. The van der Waals surface area contributed by atoms with Crippen molar-refractivity contribution in [1.82, 2.24) is 0 Å². The highest BCUT2D eigenvalue weighted by atomic mass is 16.5. The number of hydrogen-bond donors (Lipinski definition) is 1. The Hall–Kier alpha value is -1.55. The Bertz CT molecular complexity index is 429. The third-order valence-electron chi connectivity index (χ3n) is 3.45. The van der Waals surface area contributed by atoms with Crippen LogP contribution < -0.4 is 5.32 Å². The number of ether oxygens (including phenoxy) is 2. The minimum atomic E-state index is -0.228. The van der Waals surface area contributed by atoms with Crippen LogP contribution in [0.2, 0.25) is 0 Å². The molecule has 0 aromatic heterocycles. The second kappa shape index (κ2) is 6.57. The number of carbonyl (C=O) groups excluding carboxylic acids is 1. The van der Waals surface area contributed by atoms with Crippen molar-refractivity contribution in [3.8, 4) is 0 Å². The van der Waals surface area contributed by atoms with E-state index in [1.54, 1.807) is 7.11 Å². The number of carbonyl (C=O) groups is 1. The lowest BCUT2D eigenvalue weighted by Gasteiger charge is -2.19. The maximum absolute atomic E-state index is 11.8. The number of rotatable bonds is 7. The average Bonchev–Trinajstić information content (AvgIpc) is 3.27. The SMILES string of the molecule is COCCc1ccccc1NC(C(=O)OC)C1CC1. The second-order valence-electron chi connectivity index (χ2n) is 4.88. The van der Waals surface area contributed by atoms with E-state index in [1.165, 1.54) is 12.7 Å². The lowest BCUT2D eigenvalue weighted by Crippen LogP contribution is -2.33. The molecule has 1 saturated carbocycles. The molecule has 1 N–H and O–H groups in total. The largest absolute Gasteiger partial charge is 0.467 e. The van der Waals surface area contributed by atoms with E-state index in [0.29, 0.717) is 12.5 Å². The van der Waals surface area contributed by atoms with Crippen LogP contribution in [-0.4, -0.2) is 32.8 Å². The van der Waals surface area contributed by atoms with Gasteiger partial charge in [-0.3, -0.25) is 0 Å². The summed E-state index contributed by atoms with van der Waals surface area (Å²) in [6.07, 6.45) is 3.01. The van der Waals surface area contributed by atoms with Gasteiger partial charge in [0.1, 0.15) is 6.04 Å². The summed E-state index contributed by atoms with van der Waals surface area (Å²) in [4.78, 5) is 11.8. The predicted molar refractivity (Wildman–Crippen MR) is 74.2 cm³/mol. The van der Waals surface area contributed by atoms with Gasteiger partial charge in [0, 0.05) is 12.8 Å². The molecule has 1 aromatic carbocycles. The molecule has 1 aliphatic carbocycles. The zero-order valence-corrected chi connectivity index (χ0v) is 11.5. The van der Waals surface area contributed by atoms with Gasteiger partial charge in [0.25, 0.3) is 0 Å². The number of nitrogens with one attached hydrogen (secondary N) is 1. The van der Waals surface area contributed by atoms with Gasteiger partial charge in [-0.1, -0.05) is 18.2 Å². The molecule has 4 nitrogen and oxygen atoms in total. The number of anilines is 1. The summed E-state index contributed by atoms with van der Waals surface area (Å²) < 4.78 is 10.00. The van der Waals surface area contributed by atoms with Crippen molar-refractivity contribution in [1.29, 1.82) is 0 Å². The van der Waals surface area contributed by atoms with Crippen molar-refractivity contribution >= 4 is 11.7 Å². The lowest BCUT2D eigenvalue weighted by molar-refractivity contribution is -0.142. The summed E-state index contributed by atoms with van der Waals surface area (Å²) in [7, 11) is 3.13. The van der Waals surface area contributed by atoms with Crippen molar-refractivity contribution in [2.75, 3.05) is 26.1 Å². The second-order valence-corrected chi connectivity index (χ2v) is 4.88. The first-order chi connectivity index (χ1) is 9.26. The highest BCUT2D eigenvalue weighted by molar-refractivity contribution is 5.80. The summed E-state index contributed by atoms with van der Waals surface area (Å²) in [6, 6.07) is 7.81. The first kappa shape index (κ1) is 13.9. The van der Waals surface area contributed by atoms with Gasteiger partial charge in [0.15, 0.2) is 0 Å². The molecule has 0 saturated heterocycles. The fraction of sp³-hybridized carbons (Fsp3) is 0.533. The molecular weight excluding hydrogens is 242 g/mol. The summed E-state index contributed by atoms with van der Waals surface area (Å²) >= 11 is 0. The Morgan fingerprint density at radius 1 is 1.37 bits per heavy atom. The Labute approximate surface area is 114 Å². The van der Waals surface area contributed by atoms with E-state index in [1.807, 2.05) is 18.2 Å². The Balaban J connectivity index is 2.09. The number of hydrogen-bond acceptors (Lipinski definition) is 4. The molecule has 1 atom stereocenters. The van der Waals surface area contributed by atoms with E-state index in [0.717, 1.165) is 24.9 Å². The molecule has 0 spiro atoms. The molecule has 19 heavy (non-hydrogen) atoms. The zero-order valence-electron chi connectivity index (χ0n) is 11.5. The molecule has 4 heteroatoms. The van der Waals surface area contributed by atoms with E-state index in [-0.39, 0.29) is 12.0 Å². The molecule has 2 rings (SSSR count). The normalized spacial score (nSPS) is 15.9. The van der Waals surface area contributed by atoms with Gasteiger partial charge in [-0.25, -0.2) is 4.79 Å². The van der Waals surface area contributed by atoms with Crippen LogP contribution in [0.25, 0.3) is 0 Å². The summed E-state index contributed by atoms with van der Waals surface area (Å²) in [6.45, 7) is 0.672. The Morgan fingerprint density at radius 3 is 2.74 bits per heavy atom. The Morgan fingerprint density at radius 2 is 2.11 bits per heavy atom. The fourth-order valence-electron chi connectivity index (χ4n) is 2.18. The van der Waals surface area contributed by atoms with E-state index < -0.39 is 0 Å². The molecule has 1 unspecified atom stereocenters. The topological polar surface area (TPSA) is 47.6 Å². The highest BCUT2D eigenvalue weighted by Gasteiger charge is 2.37. The van der Waals surface area contributed by atoms with E-state index in [4.69, 9.17) is 9.47 Å². The van der Waals surface area contributed by atoms with Crippen LogP contribution in [-0.2, 0) is 20.7 Å². The van der Waals surface area contributed by atoms with E-state index in [9.17, 15) is 4.79 Å². The fourth-order valence-corrected chi connectivity index (χ4v) is 2.18. The predicted octanol–water partition coefficient (Wildman–Crippen LogP) is 2.24.